The number of benzene rings is 2. The fourth-order valence-electron chi connectivity index (χ4n) is 4.61. The molecule has 2 heteroatoms. The molecule has 0 N–H and O–H groups in total. The summed E-state index contributed by atoms with van der Waals surface area (Å²) in [4.78, 5) is 26.1. The molecular weight excluding hydrogens is 296 g/mol. The second-order valence-corrected chi connectivity index (χ2v) is 7.41. The Morgan fingerprint density at radius 2 is 0.708 bits per heavy atom. The average Bonchev–Trinajstić information content (AvgIpc) is 2.64. The van der Waals surface area contributed by atoms with Gasteiger partial charge in [-0.2, -0.15) is 0 Å². The number of rotatable bonds is 0. The van der Waals surface area contributed by atoms with Crippen LogP contribution >= 0.6 is 0 Å². The first kappa shape index (κ1) is 14.2. The summed E-state index contributed by atoms with van der Waals surface area (Å²) in [5.41, 5.74) is 7.58. The Labute approximate surface area is 141 Å². The van der Waals surface area contributed by atoms with E-state index in [4.69, 9.17) is 0 Å². The monoisotopic (exact) mass is 316 g/mol. The van der Waals surface area contributed by atoms with Gasteiger partial charge in [-0.3, -0.25) is 9.59 Å². The summed E-state index contributed by atoms with van der Waals surface area (Å²) in [6, 6.07) is 8.03. The van der Waals surface area contributed by atoms with Crippen LogP contribution in [0.4, 0.5) is 0 Å². The van der Waals surface area contributed by atoms with Gasteiger partial charge in [-0.05, 0) is 97.9 Å². The first-order valence-electron chi connectivity index (χ1n) is 9.13. The van der Waals surface area contributed by atoms with Crippen molar-refractivity contribution in [3.63, 3.8) is 0 Å². The van der Waals surface area contributed by atoms with Crippen molar-refractivity contribution in [1.29, 1.82) is 0 Å². The Kier molecular flexibility index (Phi) is 3.03. The van der Waals surface area contributed by atoms with Crippen LogP contribution in [-0.4, -0.2) is 11.6 Å². The Hall–Kier alpha value is -2.22. The van der Waals surface area contributed by atoms with Crippen molar-refractivity contribution in [2.75, 3.05) is 0 Å². The molecule has 0 unspecified atom stereocenters. The van der Waals surface area contributed by atoms with Gasteiger partial charge in [0, 0.05) is 22.3 Å². The molecule has 0 fully saturated rings. The van der Waals surface area contributed by atoms with Gasteiger partial charge in [0.2, 0.25) is 0 Å². The summed E-state index contributed by atoms with van der Waals surface area (Å²) in [6.45, 7) is 0. The minimum Gasteiger partial charge on any atom is -0.289 e. The van der Waals surface area contributed by atoms with Crippen LogP contribution in [0.2, 0.25) is 0 Å². The highest BCUT2D eigenvalue weighted by Gasteiger charge is 2.32. The van der Waals surface area contributed by atoms with E-state index in [1.807, 2.05) is 24.3 Å². The van der Waals surface area contributed by atoms with Gasteiger partial charge < -0.3 is 0 Å². The van der Waals surface area contributed by atoms with Crippen molar-refractivity contribution < 1.29 is 9.59 Å². The van der Waals surface area contributed by atoms with Crippen LogP contribution < -0.4 is 0 Å². The molecule has 24 heavy (non-hydrogen) atoms. The Balaban J connectivity index is 1.71. The maximum atomic E-state index is 13.1. The van der Waals surface area contributed by atoms with Crippen molar-refractivity contribution in [2.24, 2.45) is 0 Å². The molecule has 0 amide bonds. The van der Waals surface area contributed by atoms with E-state index in [2.05, 4.69) is 0 Å². The predicted octanol–water partition coefficient (Wildman–Crippen LogP) is 4.22. The zero-order valence-electron chi connectivity index (χ0n) is 13.8. The average molecular weight is 316 g/mol. The molecule has 3 aliphatic rings. The molecule has 3 aliphatic carbocycles. The Bertz CT molecular complexity index is 759. The Morgan fingerprint density at radius 1 is 0.458 bits per heavy atom. The zero-order valence-corrected chi connectivity index (χ0v) is 13.8. The van der Waals surface area contributed by atoms with Gasteiger partial charge in [-0.1, -0.05) is 0 Å². The molecule has 2 aromatic carbocycles. The summed E-state index contributed by atoms with van der Waals surface area (Å²) in [5.74, 6) is 0.0858. The normalized spacial score (nSPS) is 18.5. The number of carbonyl (C=O) groups excluding carboxylic acids is 2. The van der Waals surface area contributed by atoms with Gasteiger partial charge in [0.05, 0.1) is 0 Å². The summed E-state index contributed by atoms with van der Waals surface area (Å²) in [7, 11) is 0. The van der Waals surface area contributed by atoms with Crippen LogP contribution in [0.15, 0.2) is 24.3 Å². The number of carbonyl (C=O) groups is 2. The molecule has 0 spiro atoms. The van der Waals surface area contributed by atoms with E-state index < -0.39 is 0 Å². The lowest BCUT2D eigenvalue weighted by atomic mass is 9.77. The third-order valence-corrected chi connectivity index (χ3v) is 5.94. The van der Waals surface area contributed by atoms with Crippen LogP contribution in [0.5, 0.6) is 0 Å². The number of ketones is 2. The maximum absolute atomic E-state index is 13.1. The van der Waals surface area contributed by atoms with Crippen molar-refractivity contribution >= 4 is 11.6 Å². The van der Waals surface area contributed by atoms with Crippen molar-refractivity contribution in [1.82, 2.24) is 0 Å². The first-order chi connectivity index (χ1) is 11.7. The first-order valence-corrected chi connectivity index (χ1v) is 9.13. The van der Waals surface area contributed by atoms with Crippen LogP contribution in [0, 0.1) is 0 Å². The molecule has 0 atom stereocenters. The molecule has 120 valence electrons. The molecule has 0 bridgehead atoms. The summed E-state index contributed by atoms with van der Waals surface area (Å²) < 4.78 is 0. The van der Waals surface area contributed by atoms with Crippen molar-refractivity contribution in [2.45, 2.75) is 51.4 Å². The largest absolute Gasteiger partial charge is 0.289 e. The molecule has 0 saturated carbocycles. The molecule has 0 radical (unpaired) electrons. The molecule has 0 saturated heterocycles. The quantitative estimate of drug-likeness (QED) is 0.622. The molecule has 2 nitrogen and oxygen atoms in total. The van der Waals surface area contributed by atoms with Gasteiger partial charge in [0.1, 0.15) is 0 Å². The van der Waals surface area contributed by atoms with E-state index in [9.17, 15) is 9.59 Å². The van der Waals surface area contributed by atoms with Crippen molar-refractivity contribution in [3.05, 3.63) is 68.8 Å². The van der Waals surface area contributed by atoms with Gasteiger partial charge in [0.15, 0.2) is 11.6 Å². The summed E-state index contributed by atoms with van der Waals surface area (Å²) >= 11 is 0. The van der Waals surface area contributed by atoms with Gasteiger partial charge >= 0.3 is 0 Å². The van der Waals surface area contributed by atoms with Crippen LogP contribution in [0.3, 0.4) is 0 Å². The van der Waals surface area contributed by atoms with Gasteiger partial charge in [0.25, 0.3) is 0 Å². The number of fused-ring (bicyclic) bond motifs is 4. The summed E-state index contributed by atoms with van der Waals surface area (Å²) in [5, 5.41) is 0. The van der Waals surface area contributed by atoms with E-state index >= 15 is 0 Å². The maximum Gasteiger partial charge on any atom is 0.194 e. The van der Waals surface area contributed by atoms with Crippen molar-refractivity contribution in [3.8, 4) is 0 Å². The van der Waals surface area contributed by atoms with E-state index in [-0.39, 0.29) is 11.6 Å². The minimum absolute atomic E-state index is 0.0429. The second-order valence-electron chi connectivity index (χ2n) is 7.41. The highest BCUT2D eigenvalue weighted by molar-refractivity contribution is 6.28. The van der Waals surface area contributed by atoms with Gasteiger partial charge in [-0.25, -0.2) is 0 Å². The van der Waals surface area contributed by atoms with E-state index in [0.717, 1.165) is 25.7 Å². The minimum atomic E-state index is 0.0429. The molecule has 0 aliphatic heterocycles. The molecule has 2 aromatic rings. The fraction of sp³-hybridized carbons (Fsp3) is 0.364. The summed E-state index contributed by atoms with van der Waals surface area (Å²) in [6.07, 6.45) is 8.83. The highest BCUT2D eigenvalue weighted by Crippen LogP contribution is 2.35. The van der Waals surface area contributed by atoms with Crippen LogP contribution in [0.1, 0.15) is 79.8 Å². The Morgan fingerprint density at radius 3 is 0.958 bits per heavy atom. The lowest BCUT2D eigenvalue weighted by molar-refractivity contribution is 0.0978. The molecular formula is C22H20O2. The fourth-order valence-corrected chi connectivity index (χ4v) is 4.61. The molecule has 0 heterocycles. The number of hydrogen-bond acceptors (Lipinski definition) is 2. The third-order valence-electron chi connectivity index (χ3n) is 5.94. The van der Waals surface area contributed by atoms with Crippen LogP contribution in [-0.2, 0) is 25.7 Å². The van der Waals surface area contributed by atoms with E-state index in [1.54, 1.807) is 0 Å². The topological polar surface area (TPSA) is 34.1 Å². The number of hydrogen-bond donors (Lipinski definition) is 0. The SMILES string of the molecule is O=C1c2cc3c(cc2C(=O)c2cc4c(cc21)CCCC4)CCCC3. The van der Waals surface area contributed by atoms with Gasteiger partial charge in [-0.15, -0.1) is 0 Å². The number of aryl methyl sites for hydroxylation is 4. The van der Waals surface area contributed by atoms with E-state index in [1.165, 1.54) is 47.9 Å². The van der Waals surface area contributed by atoms with Crippen LogP contribution in [0.25, 0.3) is 0 Å². The second kappa shape index (κ2) is 5.14. The zero-order chi connectivity index (χ0) is 16.3. The lowest BCUT2D eigenvalue weighted by Crippen LogP contribution is -2.23. The molecule has 5 rings (SSSR count). The predicted molar refractivity (Wildman–Crippen MR) is 93.0 cm³/mol. The third kappa shape index (κ3) is 1.95. The van der Waals surface area contributed by atoms with E-state index in [0.29, 0.717) is 22.3 Å². The lowest BCUT2D eigenvalue weighted by Gasteiger charge is -2.25. The highest BCUT2D eigenvalue weighted by atomic mass is 16.1. The smallest absolute Gasteiger partial charge is 0.194 e. The standard InChI is InChI=1S/C22H20O2/c23-21-17-9-13-5-1-2-6-14(13)10-18(17)22(24)20-12-16-8-4-3-7-15(16)11-19(20)21/h9-12H,1-8H2. The molecule has 0 aromatic heterocycles.